The van der Waals surface area contributed by atoms with Crippen LogP contribution in [0.25, 0.3) is 0 Å². The molecule has 0 saturated heterocycles. The summed E-state index contributed by atoms with van der Waals surface area (Å²) in [4.78, 5) is 0. The molecule has 6 heavy (non-hydrogen) atoms. The molecule has 0 aromatic carbocycles. The van der Waals surface area contributed by atoms with E-state index in [0.29, 0.717) is 0 Å². The zero-order chi connectivity index (χ0) is 5.21. The van der Waals surface area contributed by atoms with Crippen LogP contribution < -0.4 is 0 Å². The van der Waals surface area contributed by atoms with Crippen LogP contribution in [0.3, 0.4) is 0 Å². The quantitative estimate of drug-likeness (QED) is 0.304. The highest BCUT2D eigenvalue weighted by Gasteiger charge is 1.96. The third-order valence-electron chi connectivity index (χ3n) is 0.365. The van der Waals surface area contributed by atoms with Crippen LogP contribution in [-0.4, -0.2) is 27.2 Å². The second-order valence-electron chi connectivity index (χ2n) is 0.871. The van der Waals surface area contributed by atoms with E-state index in [9.17, 15) is 8.42 Å². The van der Waals surface area contributed by atoms with E-state index in [-0.39, 0.29) is 6.45 Å². The SMILES string of the molecule is BBS(=O)(=O)O. The van der Waals surface area contributed by atoms with Crippen molar-refractivity contribution in [3.63, 3.8) is 0 Å². The molecule has 34 valence electrons. The fourth-order valence-corrected chi connectivity index (χ4v) is 0. The fraction of sp³-hybridized carbons (Fsp3) is 0. The average Bonchev–Trinajstić information content (AvgIpc) is 1.35. The van der Waals surface area contributed by atoms with Crippen molar-refractivity contribution >= 4 is 24.2 Å². The lowest BCUT2D eigenvalue weighted by Crippen LogP contribution is -2.06. The van der Waals surface area contributed by atoms with Gasteiger partial charge in [-0.3, -0.25) is 4.55 Å². The van der Waals surface area contributed by atoms with Gasteiger partial charge in [-0.15, -0.1) is 0 Å². The highest BCUT2D eigenvalue weighted by molar-refractivity contribution is 8.15. The van der Waals surface area contributed by atoms with E-state index in [2.05, 4.69) is 0 Å². The molecule has 0 aliphatic carbocycles. The molecule has 3 nitrogen and oxygen atoms in total. The maximum atomic E-state index is 9.56. The monoisotopic (exact) mass is 106 g/mol. The van der Waals surface area contributed by atoms with Crippen molar-refractivity contribution in [2.75, 3.05) is 0 Å². The van der Waals surface area contributed by atoms with Crippen molar-refractivity contribution in [3.8, 4) is 0 Å². The number of hydrogen-bond acceptors (Lipinski definition) is 2. The van der Waals surface area contributed by atoms with Crippen LogP contribution in [0.1, 0.15) is 0 Å². The zero-order valence-corrected chi connectivity index (χ0v) is 4.20. The van der Waals surface area contributed by atoms with Crippen molar-refractivity contribution in [1.82, 2.24) is 0 Å². The van der Waals surface area contributed by atoms with Crippen molar-refractivity contribution in [1.29, 1.82) is 0 Å². The largest absolute Gasteiger partial charge is 0.296 e. The lowest BCUT2D eigenvalue weighted by molar-refractivity contribution is 0.501. The van der Waals surface area contributed by atoms with Gasteiger partial charge in [0.2, 0.25) is 0 Å². The maximum absolute atomic E-state index is 9.56. The molecule has 0 rings (SSSR count). The molecular weight excluding hydrogens is 102 g/mol. The van der Waals surface area contributed by atoms with Crippen LogP contribution in [-0.2, 0) is 9.97 Å². The van der Waals surface area contributed by atoms with Gasteiger partial charge in [0, 0.05) is 0 Å². The van der Waals surface area contributed by atoms with Crippen molar-refractivity contribution < 1.29 is 13.0 Å². The molecule has 1 N–H and O–H groups in total. The molecule has 0 aliphatic heterocycles. The van der Waals surface area contributed by atoms with Gasteiger partial charge in [-0.05, 0) is 0 Å². The Bertz CT molecular complexity index is 111. The van der Waals surface area contributed by atoms with Crippen molar-refractivity contribution in [3.05, 3.63) is 0 Å². The summed E-state index contributed by atoms with van der Waals surface area (Å²) in [6.45, 7) is 0. The summed E-state index contributed by atoms with van der Waals surface area (Å²) < 4.78 is 26.9. The van der Waals surface area contributed by atoms with Crippen molar-refractivity contribution in [2.45, 2.75) is 0 Å². The molecule has 0 spiro atoms. The standard InChI is InChI=1S/B2H4O3S/c1-2-6(3,4)5/h2H,1H2,(H,3,4,5). The van der Waals surface area contributed by atoms with E-state index in [0.717, 1.165) is 0 Å². The molecule has 0 unspecified atom stereocenters. The Morgan fingerprint density at radius 1 is 1.67 bits per heavy atom. The van der Waals surface area contributed by atoms with E-state index in [4.69, 9.17) is 4.55 Å². The molecule has 0 heterocycles. The third-order valence-corrected chi connectivity index (χ3v) is 1.09. The van der Waals surface area contributed by atoms with Gasteiger partial charge in [0.1, 0.15) is 0 Å². The molecule has 0 radical (unpaired) electrons. The summed E-state index contributed by atoms with van der Waals surface area (Å²) in [5, 5.41) is 0. The Labute approximate surface area is 38.0 Å². The van der Waals surface area contributed by atoms with Crippen LogP contribution in [0.4, 0.5) is 0 Å². The van der Waals surface area contributed by atoms with E-state index < -0.39 is 9.97 Å². The van der Waals surface area contributed by atoms with E-state index in [1.165, 1.54) is 7.74 Å². The molecule has 0 aliphatic rings. The highest BCUT2D eigenvalue weighted by Crippen LogP contribution is 1.66. The van der Waals surface area contributed by atoms with Gasteiger partial charge in [-0.25, -0.2) is 8.42 Å². The van der Waals surface area contributed by atoms with Gasteiger partial charge in [0.05, 0.1) is 7.74 Å². The molecule has 0 saturated carbocycles. The smallest absolute Gasteiger partial charge is 0.266 e. The van der Waals surface area contributed by atoms with Gasteiger partial charge in [-0.2, -0.15) is 0 Å². The lowest BCUT2D eigenvalue weighted by atomic mass is 9.79. The molecule has 0 amide bonds. The summed E-state index contributed by atoms with van der Waals surface area (Å²) in [7, 11) is -2.29. The van der Waals surface area contributed by atoms with E-state index in [1.54, 1.807) is 0 Å². The predicted molar refractivity (Wildman–Crippen MR) is 27.2 cm³/mol. The molecule has 0 aromatic rings. The van der Waals surface area contributed by atoms with Gasteiger partial charge in [-0.1, -0.05) is 0 Å². The second-order valence-corrected chi connectivity index (χ2v) is 2.61. The van der Waals surface area contributed by atoms with E-state index >= 15 is 0 Å². The average molecular weight is 106 g/mol. The normalized spacial score (nSPS) is 10.8. The van der Waals surface area contributed by atoms with Crippen LogP contribution in [0, 0.1) is 0 Å². The van der Waals surface area contributed by atoms with Gasteiger partial charge in [0.15, 0.2) is 9.97 Å². The fourth-order valence-electron chi connectivity index (χ4n) is 0. The summed E-state index contributed by atoms with van der Waals surface area (Å²) in [5.41, 5.74) is 0. The first-order valence-corrected chi connectivity index (χ1v) is 3.12. The summed E-state index contributed by atoms with van der Waals surface area (Å²) in [5.74, 6) is 0. The minimum Gasteiger partial charge on any atom is -0.296 e. The summed E-state index contributed by atoms with van der Waals surface area (Å²) >= 11 is 0. The Morgan fingerprint density at radius 2 is 1.83 bits per heavy atom. The zero-order valence-electron chi connectivity index (χ0n) is 3.38. The van der Waals surface area contributed by atoms with Crippen LogP contribution in [0.15, 0.2) is 0 Å². The first-order valence-electron chi connectivity index (χ1n) is 1.51. The summed E-state index contributed by atoms with van der Waals surface area (Å²) in [6, 6.07) is 0. The van der Waals surface area contributed by atoms with Gasteiger partial charge < -0.3 is 0 Å². The minimum absolute atomic E-state index is 0.201. The molecule has 0 bridgehead atoms. The van der Waals surface area contributed by atoms with Gasteiger partial charge in [0.25, 0.3) is 6.45 Å². The Hall–Kier alpha value is 0.0399. The topological polar surface area (TPSA) is 54.4 Å². The van der Waals surface area contributed by atoms with Crippen LogP contribution >= 0.6 is 0 Å². The molecule has 6 heteroatoms. The van der Waals surface area contributed by atoms with Gasteiger partial charge >= 0.3 is 0 Å². The highest BCUT2D eigenvalue weighted by atomic mass is 32.2. The lowest BCUT2D eigenvalue weighted by Gasteiger charge is -1.78. The maximum Gasteiger partial charge on any atom is 0.266 e. The number of hydrogen-bond donors (Lipinski definition) is 1. The Kier molecular flexibility index (Phi) is 1.67. The molecular formula is H4B2O3S. The molecule has 0 aromatic heterocycles. The molecule has 0 atom stereocenters. The van der Waals surface area contributed by atoms with Crippen LogP contribution in [0.5, 0.6) is 0 Å². The number of rotatable bonds is 1. The van der Waals surface area contributed by atoms with Crippen LogP contribution in [0.2, 0.25) is 0 Å². The molecule has 0 fully saturated rings. The first-order chi connectivity index (χ1) is 2.56. The van der Waals surface area contributed by atoms with E-state index in [1.807, 2.05) is 0 Å². The Balaban J connectivity index is 3.85. The minimum atomic E-state index is -3.66. The second kappa shape index (κ2) is 1.66. The predicted octanol–water partition coefficient (Wildman–Crippen LogP) is -2.23. The first kappa shape index (κ1) is 6.04. The summed E-state index contributed by atoms with van der Waals surface area (Å²) in [6.07, 6.45) is -0.201. The van der Waals surface area contributed by atoms with Crippen molar-refractivity contribution in [2.24, 2.45) is 0 Å². The Morgan fingerprint density at radius 3 is 1.83 bits per heavy atom. The third kappa shape index (κ3) is 4.04.